The van der Waals surface area contributed by atoms with Crippen LogP contribution in [0, 0.1) is 0 Å². The lowest BCUT2D eigenvalue weighted by Crippen LogP contribution is -1.56. The summed E-state index contributed by atoms with van der Waals surface area (Å²) in [6.45, 7) is 3.43. The van der Waals surface area contributed by atoms with Gasteiger partial charge in [-0.25, -0.2) is 4.79 Å². The highest BCUT2D eigenvalue weighted by molar-refractivity contribution is 5.49. The number of hydrogen-bond donors (Lipinski definition) is 0. The third-order valence-electron chi connectivity index (χ3n) is 0.204. The molecule has 0 aromatic rings. The molecule has 1 heteroatoms. The van der Waals surface area contributed by atoms with Gasteiger partial charge in [0.15, 0.2) is 0 Å². The summed E-state index contributed by atoms with van der Waals surface area (Å²) in [6, 6.07) is 0. The van der Waals surface area contributed by atoms with Crippen LogP contribution in [0.5, 0.6) is 0 Å². The highest BCUT2D eigenvalue weighted by atomic mass is 16.1. The van der Waals surface area contributed by atoms with Gasteiger partial charge in [-0.3, -0.25) is 0 Å². The lowest BCUT2D eigenvalue weighted by atomic mass is 10.4. The van der Waals surface area contributed by atoms with Crippen LogP contribution in [0.3, 0.4) is 0 Å². The summed E-state index contributed by atoms with van der Waals surface area (Å²) in [5, 5.41) is 0. The average molecular weight is 70.1 g/mol. The summed E-state index contributed by atoms with van der Waals surface area (Å²) in [7, 11) is 0. The maximum Gasteiger partial charge on any atom is 0.122 e. The normalized spacial score (nSPS) is 6.00. The van der Waals surface area contributed by atoms with Gasteiger partial charge in [0.2, 0.25) is 0 Å². The van der Waals surface area contributed by atoms with Gasteiger partial charge in [-0.1, -0.05) is 0 Å². The lowest BCUT2D eigenvalue weighted by molar-refractivity contribution is 0.567. The molecule has 5 heavy (non-hydrogen) atoms. The minimum Gasteiger partial charge on any atom is -0.234 e. The highest BCUT2D eigenvalue weighted by Gasteiger charge is 1.62. The molecule has 0 amide bonds. The molecule has 0 aliphatic rings. The van der Waals surface area contributed by atoms with Crippen molar-refractivity contribution in [3.8, 4) is 0 Å². The smallest absolute Gasteiger partial charge is 0.122 e. The molecule has 0 saturated heterocycles. The van der Waals surface area contributed by atoms with Gasteiger partial charge in [0.05, 0.1) is 0 Å². The monoisotopic (exact) mass is 70.0 g/mol. The second-order valence-electron chi connectivity index (χ2n) is 1.10. The Kier molecular flexibility index (Phi) is 1.55. The molecule has 0 fully saturated rings. The van der Waals surface area contributed by atoms with Crippen molar-refractivity contribution in [2.24, 2.45) is 0 Å². The molecular weight excluding hydrogens is 64.0 g/mol. The van der Waals surface area contributed by atoms with Gasteiger partial charge in [0.1, 0.15) is 5.94 Å². The topological polar surface area (TPSA) is 17.1 Å². The Balaban J connectivity index is 3.60. The van der Waals surface area contributed by atoms with Gasteiger partial charge in [-0.2, -0.15) is 0 Å². The van der Waals surface area contributed by atoms with Crippen LogP contribution >= 0.6 is 0 Å². The molecule has 0 aliphatic carbocycles. The maximum atomic E-state index is 9.34. The fraction of sp³-hybridized carbons (Fsp3) is 0.500. The first-order valence-electron chi connectivity index (χ1n) is 1.45. The molecule has 0 radical (unpaired) electrons. The molecule has 0 bridgehead atoms. The highest BCUT2D eigenvalue weighted by Crippen LogP contribution is 1.72. The van der Waals surface area contributed by atoms with Gasteiger partial charge in [-0.15, -0.1) is 0 Å². The molecule has 0 aliphatic heterocycles. The number of carbonyl (C=O) groups excluding carboxylic acids is 1. The van der Waals surface area contributed by atoms with E-state index in [1.54, 1.807) is 19.8 Å². The lowest BCUT2D eigenvalue weighted by Gasteiger charge is -1.62. The molecule has 0 spiro atoms. The van der Waals surface area contributed by atoms with Crippen LogP contribution in [0.4, 0.5) is 0 Å². The Labute approximate surface area is 31.3 Å². The molecule has 28 valence electrons. The second kappa shape index (κ2) is 1.74. The summed E-state index contributed by atoms with van der Waals surface area (Å²) in [5.41, 5.74) is 0.699. The second-order valence-corrected chi connectivity index (χ2v) is 1.10. The molecule has 1 nitrogen and oxygen atoms in total. The van der Waals surface area contributed by atoms with E-state index in [2.05, 4.69) is 0 Å². The molecule has 0 N–H and O–H groups in total. The van der Waals surface area contributed by atoms with E-state index in [0.717, 1.165) is 0 Å². The summed E-state index contributed by atoms with van der Waals surface area (Å²) in [6.07, 6.45) is 0. The zero-order chi connectivity index (χ0) is 4.28. The van der Waals surface area contributed by atoms with Crippen molar-refractivity contribution in [1.82, 2.24) is 0 Å². The Morgan fingerprint density at radius 1 is 1.60 bits per heavy atom. The summed E-state index contributed by atoms with van der Waals surface area (Å²) in [5.74, 6) is 1.69. The van der Waals surface area contributed by atoms with Crippen LogP contribution in [0.1, 0.15) is 13.8 Å². The average Bonchev–Trinajstić information content (AvgIpc) is 1.38. The van der Waals surface area contributed by atoms with Crippen molar-refractivity contribution in [3.05, 3.63) is 5.57 Å². The third kappa shape index (κ3) is 3.45. The van der Waals surface area contributed by atoms with Gasteiger partial charge in [0, 0.05) is 5.57 Å². The Morgan fingerprint density at radius 3 is 1.80 bits per heavy atom. The van der Waals surface area contributed by atoms with Crippen LogP contribution in [-0.2, 0) is 4.79 Å². The van der Waals surface area contributed by atoms with Crippen molar-refractivity contribution in [1.29, 1.82) is 0 Å². The van der Waals surface area contributed by atoms with Gasteiger partial charge in [-0.05, 0) is 13.8 Å². The number of rotatable bonds is 0. The van der Waals surface area contributed by atoms with E-state index in [0.29, 0.717) is 5.57 Å². The van der Waals surface area contributed by atoms with E-state index < -0.39 is 0 Å². The number of hydrogen-bond acceptors (Lipinski definition) is 1. The van der Waals surface area contributed by atoms with E-state index in [9.17, 15) is 4.79 Å². The molecule has 0 rings (SSSR count). The summed E-state index contributed by atoms with van der Waals surface area (Å²) in [4.78, 5) is 9.34. The summed E-state index contributed by atoms with van der Waals surface area (Å²) < 4.78 is 0. The van der Waals surface area contributed by atoms with E-state index in [4.69, 9.17) is 0 Å². The van der Waals surface area contributed by atoms with Crippen molar-refractivity contribution in [2.75, 3.05) is 0 Å². The van der Waals surface area contributed by atoms with E-state index >= 15 is 0 Å². The molecular formula is C4H6O. The third-order valence-corrected chi connectivity index (χ3v) is 0.204. The first-order valence-corrected chi connectivity index (χ1v) is 1.45. The van der Waals surface area contributed by atoms with Crippen molar-refractivity contribution < 1.29 is 4.79 Å². The quantitative estimate of drug-likeness (QED) is 0.385. The molecule has 0 atom stereocenters. The van der Waals surface area contributed by atoms with Gasteiger partial charge >= 0.3 is 0 Å². The van der Waals surface area contributed by atoms with E-state index in [1.807, 2.05) is 0 Å². The first-order chi connectivity index (χ1) is 2.27. The van der Waals surface area contributed by atoms with Gasteiger partial charge in [0.25, 0.3) is 0 Å². The largest absolute Gasteiger partial charge is 0.234 e. The van der Waals surface area contributed by atoms with Crippen LogP contribution in [0.2, 0.25) is 0 Å². The first kappa shape index (κ1) is 4.45. The predicted octanol–water partition coefficient (Wildman–Crippen LogP) is 0.784. The molecule has 0 aromatic carbocycles. The number of allylic oxidation sites excluding steroid dienone is 1. The predicted molar refractivity (Wildman–Crippen MR) is 20.6 cm³/mol. The molecule has 0 heterocycles. The standard InChI is InChI=1S/C4H6O/c1-4(2)3-5/h1-2H3. The van der Waals surface area contributed by atoms with Crippen LogP contribution in [-0.4, -0.2) is 5.94 Å². The van der Waals surface area contributed by atoms with Crippen LogP contribution in [0.15, 0.2) is 5.57 Å². The Hall–Kier alpha value is -0.550. The fourth-order valence-corrected chi connectivity index (χ4v) is 0. The molecule has 0 aromatic heterocycles. The van der Waals surface area contributed by atoms with Crippen LogP contribution < -0.4 is 0 Å². The fourth-order valence-electron chi connectivity index (χ4n) is 0. The van der Waals surface area contributed by atoms with Gasteiger partial charge < -0.3 is 0 Å². The Morgan fingerprint density at radius 2 is 1.80 bits per heavy atom. The molecule has 0 saturated carbocycles. The van der Waals surface area contributed by atoms with Crippen LogP contribution in [0.25, 0.3) is 0 Å². The minimum absolute atomic E-state index is 0.699. The maximum absolute atomic E-state index is 9.34. The Bertz CT molecular complexity index is 63.7. The van der Waals surface area contributed by atoms with E-state index in [1.165, 1.54) is 0 Å². The van der Waals surface area contributed by atoms with Crippen molar-refractivity contribution >= 4 is 5.94 Å². The van der Waals surface area contributed by atoms with Crippen molar-refractivity contribution in [3.63, 3.8) is 0 Å². The molecule has 0 unspecified atom stereocenters. The SMILES string of the molecule is CC(C)=C=O. The zero-order valence-electron chi connectivity index (χ0n) is 3.41. The van der Waals surface area contributed by atoms with Crippen molar-refractivity contribution in [2.45, 2.75) is 13.8 Å². The van der Waals surface area contributed by atoms with E-state index in [-0.39, 0.29) is 0 Å². The zero-order valence-corrected chi connectivity index (χ0v) is 3.41. The minimum atomic E-state index is 0.699. The summed E-state index contributed by atoms with van der Waals surface area (Å²) >= 11 is 0.